The standard InChI is InChI=1S/2C46H43N3.C42H29N3/c1-45(2,3)33-20-24-36(25-21-33)48(37-26-22-34(23-27-37)46(4,5)6)38-15-12-16-39(31-38)49-41-18-11-10-17-40(41)43-42(49)28-19-32-29-30-47(44(32)43)35-13-8-7-9-14-35;1-45(2,3)33-17-21-36(22-18-33)48(37-23-19-34(20-24-37)46(4,5)6)38-25-27-39(28-26-38)49-41-15-11-10-14-40(41)43-42(49)29-16-32-30-31-47(44(32)43)35-12-8-7-9-13-35;1-3-13-33(14-4-1)43-28-27-31-20-26-40-41(42(31)43)38-17-9-10-18-39(38)45(40)36-24-22-35(23-25-36)44(34-15-5-2-6-16-34)37-21-19-30-11-7-8-12-32(30)29-37/h2*7-31H,1-6H3;1-29H. The van der Waals surface area contributed by atoms with Crippen molar-refractivity contribution in [1.29, 1.82) is 0 Å². The summed E-state index contributed by atoms with van der Waals surface area (Å²) in [7, 11) is 0. The lowest BCUT2D eigenvalue weighted by atomic mass is 9.86. The number of rotatable bonds is 15. The molecule has 0 aliphatic rings. The summed E-state index contributed by atoms with van der Waals surface area (Å²) in [5.41, 5.74) is 33.6. The molecule has 0 spiro atoms. The highest BCUT2D eigenvalue weighted by atomic mass is 15.2. The molecule has 0 fully saturated rings. The van der Waals surface area contributed by atoms with Gasteiger partial charge in [0.05, 0.1) is 49.7 Å². The molecule has 143 heavy (non-hydrogen) atoms. The van der Waals surface area contributed by atoms with Crippen LogP contribution in [-0.4, -0.2) is 27.4 Å². The SMILES string of the molecule is CC(C)(C)c1ccc(N(c2ccc(-n3c4ccccc4c4c5c(ccc43)ccn5-c3ccccc3)cc2)c2ccc(C(C)(C)C)cc2)cc1.CC(C)(C)c1ccc(N(c2ccc(C(C)(C)C)cc2)c2cccc(-n3c4ccccc4c4c5c(ccc43)ccn5-c3ccccc3)c2)cc1.c1ccc(N(c2ccc(-n3c4ccccc4c4c5c(ccc43)ccn5-c3ccccc3)cc2)c2ccc3ccccc3c2)cc1. The van der Waals surface area contributed by atoms with Gasteiger partial charge in [-0.15, -0.1) is 0 Å². The average molecular weight is 1850 g/mol. The van der Waals surface area contributed by atoms with Gasteiger partial charge < -0.3 is 42.1 Å². The van der Waals surface area contributed by atoms with Gasteiger partial charge in [-0.3, -0.25) is 0 Å². The molecular formula is C134H115N9. The molecule has 0 saturated heterocycles. The first kappa shape index (κ1) is 89.7. The predicted molar refractivity (Wildman–Crippen MR) is 609 cm³/mol. The van der Waals surface area contributed by atoms with E-state index >= 15 is 0 Å². The van der Waals surface area contributed by atoms with Crippen LogP contribution in [0.15, 0.2) is 480 Å². The smallest absolute Gasteiger partial charge is 0.0628 e. The van der Waals surface area contributed by atoms with Gasteiger partial charge in [0.1, 0.15) is 0 Å². The number of para-hydroxylation sites is 7. The molecule has 6 heterocycles. The average Bonchev–Trinajstić information content (AvgIpc) is 1.57. The molecule has 9 heteroatoms. The summed E-state index contributed by atoms with van der Waals surface area (Å²) in [4.78, 5) is 7.08. The number of fused-ring (bicyclic) bond motifs is 16. The summed E-state index contributed by atoms with van der Waals surface area (Å²) in [5.74, 6) is 0. The molecule has 696 valence electrons. The molecule has 19 aromatic carbocycles. The minimum atomic E-state index is 0.0833. The number of benzene rings is 19. The third-order valence-corrected chi connectivity index (χ3v) is 28.6. The van der Waals surface area contributed by atoms with Crippen molar-refractivity contribution >= 4 is 160 Å². The largest absolute Gasteiger partial charge is 0.316 e. The summed E-state index contributed by atoms with van der Waals surface area (Å²) in [5, 5.41) is 13.7. The summed E-state index contributed by atoms with van der Waals surface area (Å²) >= 11 is 0. The highest BCUT2D eigenvalue weighted by Crippen LogP contribution is 2.48. The molecule has 0 N–H and O–H groups in total. The molecule has 0 saturated carbocycles. The molecule has 25 rings (SSSR count). The van der Waals surface area contributed by atoms with Crippen molar-refractivity contribution in [2.45, 2.75) is 105 Å². The normalized spacial score (nSPS) is 12.1. The van der Waals surface area contributed by atoms with E-state index in [9.17, 15) is 0 Å². The van der Waals surface area contributed by atoms with E-state index in [1.807, 2.05) is 0 Å². The van der Waals surface area contributed by atoms with E-state index in [1.165, 1.54) is 131 Å². The summed E-state index contributed by atoms with van der Waals surface area (Å²) in [6.45, 7) is 27.2. The van der Waals surface area contributed by atoms with Gasteiger partial charge in [-0.05, 0) is 285 Å². The van der Waals surface area contributed by atoms with Crippen molar-refractivity contribution in [3.05, 3.63) is 502 Å². The highest BCUT2D eigenvalue weighted by Gasteiger charge is 2.28. The second-order valence-electron chi connectivity index (χ2n) is 41.9. The third-order valence-electron chi connectivity index (χ3n) is 28.6. The Morgan fingerprint density at radius 3 is 0.741 bits per heavy atom. The maximum absolute atomic E-state index is 2.43. The van der Waals surface area contributed by atoms with Crippen LogP contribution in [0.5, 0.6) is 0 Å². The molecule has 25 aromatic rings. The number of nitrogens with zero attached hydrogens (tertiary/aromatic N) is 9. The second-order valence-corrected chi connectivity index (χ2v) is 41.9. The lowest BCUT2D eigenvalue weighted by Gasteiger charge is -2.28. The summed E-state index contributed by atoms with van der Waals surface area (Å²) in [6, 6.07) is 168. The molecule has 0 atom stereocenters. The van der Waals surface area contributed by atoms with Crippen LogP contribution in [0, 0.1) is 0 Å². The molecule has 9 nitrogen and oxygen atoms in total. The Morgan fingerprint density at radius 1 is 0.161 bits per heavy atom. The monoisotopic (exact) mass is 1850 g/mol. The molecular weight excluding hydrogens is 1740 g/mol. The quantitative estimate of drug-likeness (QED) is 0.103. The van der Waals surface area contributed by atoms with E-state index in [1.54, 1.807) is 0 Å². The van der Waals surface area contributed by atoms with Crippen molar-refractivity contribution < 1.29 is 0 Å². The number of hydrogen-bond donors (Lipinski definition) is 0. The second kappa shape index (κ2) is 36.3. The maximum atomic E-state index is 2.43. The van der Waals surface area contributed by atoms with Gasteiger partial charge in [0.2, 0.25) is 0 Å². The first-order valence-corrected chi connectivity index (χ1v) is 49.9. The number of hydrogen-bond acceptors (Lipinski definition) is 3. The molecule has 0 amide bonds. The van der Waals surface area contributed by atoms with Crippen molar-refractivity contribution in [2.75, 3.05) is 14.7 Å². The van der Waals surface area contributed by atoms with Crippen LogP contribution >= 0.6 is 0 Å². The zero-order valence-electron chi connectivity index (χ0n) is 83.1. The molecule has 0 aliphatic carbocycles. The minimum Gasteiger partial charge on any atom is -0.316 e. The van der Waals surface area contributed by atoms with Crippen LogP contribution in [0.3, 0.4) is 0 Å². The van der Waals surface area contributed by atoms with Crippen LogP contribution in [0.25, 0.3) is 143 Å². The van der Waals surface area contributed by atoms with Crippen molar-refractivity contribution in [3.63, 3.8) is 0 Å². The minimum absolute atomic E-state index is 0.0833. The Bertz CT molecular complexity index is 8870. The Labute approximate surface area is 837 Å². The summed E-state index contributed by atoms with van der Waals surface area (Å²) in [6.07, 6.45) is 6.57. The zero-order valence-corrected chi connectivity index (χ0v) is 83.1. The van der Waals surface area contributed by atoms with Crippen LogP contribution in [0.1, 0.15) is 105 Å². The van der Waals surface area contributed by atoms with Gasteiger partial charge in [-0.1, -0.05) is 314 Å². The van der Waals surface area contributed by atoms with E-state index in [0.29, 0.717) is 0 Å². The lowest BCUT2D eigenvalue weighted by Crippen LogP contribution is -2.14. The maximum Gasteiger partial charge on any atom is 0.0628 e. The summed E-state index contributed by atoms with van der Waals surface area (Å²) < 4.78 is 14.2. The van der Waals surface area contributed by atoms with Crippen LogP contribution in [0.2, 0.25) is 0 Å². The molecule has 0 unspecified atom stereocenters. The first-order chi connectivity index (χ1) is 69.5. The fourth-order valence-electron chi connectivity index (χ4n) is 21.2. The van der Waals surface area contributed by atoms with E-state index < -0.39 is 0 Å². The number of aromatic nitrogens is 6. The highest BCUT2D eigenvalue weighted by molar-refractivity contribution is 6.23. The molecule has 6 aromatic heterocycles. The first-order valence-electron chi connectivity index (χ1n) is 49.9. The van der Waals surface area contributed by atoms with E-state index in [2.05, 4.69) is 605 Å². The Morgan fingerprint density at radius 2 is 0.406 bits per heavy atom. The van der Waals surface area contributed by atoms with Crippen molar-refractivity contribution in [1.82, 2.24) is 27.4 Å². The van der Waals surface area contributed by atoms with Gasteiger partial charge >= 0.3 is 0 Å². The van der Waals surface area contributed by atoms with Gasteiger partial charge in [0.25, 0.3) is 0 Å². The third kappa shape index (κ3) is 16.7. The van der Waals surface area contributed by atoms with Crippen LogP contribution in [-0.2, 0) is 21.7 Å². The molecule has 0 aliphatic heterocycles. The van der Waals surface area contributed by atoms with Gasteiger partial charge in [-0.2, -0.15) is 0 Å². The van der Waals surface area contributed by atoms with Gasteiger partial charge in [-0.25, -0.2) is 0 Å². The topological polar surface area (TPSA) is 39.3 Å². The van der Waals surface area contributed by atoms with Gasteiger partial charge in [0, 0.05) is 152 Å². The fourth-order valence-corrected chi connectivity index (χ4v) is 21.2. The van der Waals surface area contributed by atoms with Crippen LogP contribution < -0.4 is 14.7 Å². The Balaban J connectivity index is 0.000000119. The van der Waals surface area contributed by atoms with E-state index in [-0.39, 0.29) is 21.7 Å². The van der Waals surface area contributed by atoms with Crippen molar-refractivity contribution in [3.8, 4) is 34.1 Å². The molecule has 0 radical (unpaired) electrons. The van der Waals surface area contributed by atoms with E-state index in [4.69, 9.17) is 0 Å². The van der Waals surface area contributed by atoms with E-state index in [0.717, 1.165) is 85.3 Å². The number of anilines is 9. The fraction of sp³-hybridized carbons (Fsp3) is 0.119. The molecule has 0 bridgehead atoms. The Hall–Kier alpha value is -17.1. The van der Waals surface area contributed by atoms with Crippen LogP contribution in [0.4, 0.5) is 51.2 Å². The lowest BCUT2D eigenvalue weighted by molar-refractivity contribution is 0.590. The van der Waals surface area contributed by atoms with Crippen molar-refractivity contribution in [2.24, 2.45) is 0 Å². The Kier molecular flexibility index (Phi) is 22.8. The predicted octanol–water partition coefficient (Wildman–Crippen LogP) is 36.9. The van der Waals surface area contributed by atoms with Gasteiger partial charge in [0.15, 0.2) is 0 Å². The zero-order chi connectivity index (χ0) is 97.6.